The molecule has 4 rings (SSSR count). The molecule has 3 aromatic rings. The number of nitrogens with zero attached hydrogens (tertiary/aromatic N) is 4. The summed E-state index contributed by atoms with van der Waals surface area (Å²) in [5.74, 6) is 0.662. The molecule has 7 heteroatoms. The van der Waals surface area contributed by atoms with Crippen LogP contribution in [0, 0.1) is 6.92 Å². The fourth-order valence-electron chi connectivity index (χ4n) is 3.26. The second kappa shape index (κ2) is 6.68. The Labute approximate surface area is 159 Å². The van der Waals surface area contributed by atoms with E-state index in [-0.39, 0.29) is 6.10 Å². The third kappa shape index (κ3) is 3.31. The Morgan fingerprint density at radius 3 is 3.00 bits per heavy atom. The molecule has 0 spiro atoms. The van der Waals surface area contributed by atoms with Crippen LogP contribution in [0.2, 0.25) is 5.02 Å². The van der Waals surface area contributed by atoms with Gasteiger partial charge in [0, 0.05) is 35.9 Å². The van der Waals surface area contributed by atoms with E-state index in [0.717, 1.165) is 40.7 Å². The lowest BCUT2D eigenvalue weighted by Gasteiger charge is -2.14. The molecule has 130 valence electrons. The number of hydrogen-bond donors (Lipinski definition) is 1. The highest BCUT2D eigenvalue weighted by molar-refractivity contribution is 9.10. The third-order valence-electron chi connectivity index (χ3n) is 4.61. The molecule has 1 fully saturated rings. The van der Waals surface area contributed by atoms with Crippen LogP contribution in [0.25, 0.3) is 17.0 Å². The van der Waals surface area contributed by atoms with E-state index < -0.39 is 0 Å². The van der Waals surface area contributed by atoms with E-state index in [1.54, 1.807) is 4.52 Å². The van der Waals surface area contributed by atoms with Gasteiger partial charge in [-0.05, 0) is 36.6 Å². The van der Waals surface area contributed by atoms with Crippen LogP contribution in [0.4, 0.5) is 0 Å². The van der Waals surface area contributed by atoms with E-state index in [0.29, 0.717) is 23.0 Å². The van der Waals surface area contributed by atoms with Crippen molar-refractivity contribution in [2.45, 2.75) is 26.0 Å². The highest BCUT2D eigenvalue weighted by Gasteiger charge is 2.21. The quantitative estimate of drug-likeness (QED) is 0.701. The van der Waals surface area contributed by atoms with Crippen molar-refractivity contribution < 1.29 is 5.11 Å². The predicted molar refractivity (Wildman–Crippen MR) is 102 cm³/mol. The van der Waals surface area contributed by atoms with Crippen molar-refractivity contribution in [3.05, 3.63) is 51.1 Å². The van der Waals surface area contributed by atoms with Gasteiger partial charge in [-0.3, -0.25) is 4.90 Å². The minimum absolute atomic E-state index is 0.225. The molecule has 1 N–H and O–H groups in total. The summed E-state index contributed by atoms with van der Waals surface area (Å²) in [5.41, 5.74) is 3.80. The smallest absolute Gasteiger partial charge is 0.182 e. The zero-order valence-corrected chi connectivity index (χ0v) is 16.1. The molecule has 0 unspecified atom stereocenters. The van der Waals surface area contributed by atoms with Crippen molar-refractivity contribution in [2.75, 3.05) is 13.1 Å². The first-order valence-corrected chi connectivity index (χ1v) is 9.39. The maximum Gasteiger partial charge on any atom is 0.182 e. The summed E-state index contributed by atoms with van der Waals surface area (Å²) in [4.78, 5) is 6.84. The Balaban J connectivity index is 1.71. The number of benzene rings is 1. The van der Waals surface area contributed by atoms with E-state index in [1.807, 2.05) is 37.4 Å². The minimum Gasteiger partial charge on any atom is -0.392 e. The topological polar surface area (TPSA) is 53.7 Å². The van der Waals surface area contributed by atoms with Crippen molar-refractivity contribution in [3.63, 3.8) is 0 Å². The van der Waals surface area contributed by atoms with E-state index in [9.17, 15) is 5.11 Å². The van der Waals surface area contributed by atoms with Gasteiger partial charge in [0.25, 0.3) is 0 Å². The van der Waals surface area contributed by atoms with Crippen LogP contribution >= 0.6 is 27.5 Å². The minimum atomic E-state index is -0.225. The molecule has 0 bridgehead atoms. The Kier molecular flexibility index (Phi) is 4.54. The Hall–Kier alpha value is -1.47. The number of pyridine rings is 1. The van der Waals surface area contributed by atoms with Crippen molar-refractivity contribution in [1.29, 1.82) is 0 Å². The fraction of sp³-hybridized carbons (Fsp3) is 0.333. The maximum atomic E-state index is 9.68. The molecular formula is C18H18BrClN4O. The molecule has 5 nitrogen and oxygen atoms in total. The average Bonchev–Trinajstić information content (AvgIpc) is 3.16. The van der Waals surface area contributed by atoms with Gasteiger partial charge in [-0.2, -0.15) is 0 Å². The van der Waals surface area contributed by atoms with Crippen molar-refractivity contribution in [2.24, 2.45) is 0 Å². The molecule has 0 amide bonds. The standard InChI is InChI=1S/C18H18BrClN4O/c1-11-14(3-2-4-15(11)19)17-21-18-16(20)7-12(9-24(18)22-17)8-23-6-5-13(25)10-23/h2-4,7,9,13,25H,5-6,8,10H2,1H3/t13-/m1/s1. The van der Waals surface area contributed by atoms with E-state index in [1.165, 1.54) is 0 Å². The molecule has 3 heterocycles. The molecule has 1 aromatic carbocycles. The highest BCUT2D eigenvalue weighted by atomic mass is 79.9. The summed E-state index contributed by atoms with van der Waals surface area (Å²) in [6.45, 7) is 4.39. The number of β-amino-alcohol motifs (C(OH)–C–C–N with tert-alkyl or cyclic N) is 1. The SMILES string of the molecule is Cc1c(Br)cccc1-c1nc2c(Cl)cc(CN3CC[C@@H](O)C3)cn2n1. The number of likely N-dealkylation sites (tertiary alicyclic amines) is 1. The lowest BCUT2D eigenvalue weighted by Crippen LogP contribution is -2.21. The van der Waals surface area contributed by atoms with Gasteiger partial charge < -0.3 is 5.11 Å². The van der Waals surface area contributed by atoms with Crippen LogP contribution < -0.4 is 0 Å². The molecule has 1 aliphatic heterocycles. The fourth-order valence-corrected chi connectivity index (χ4v) is 3.90. The molecule has 0 saturated carbocycles. The number of aliphatic hydroxyl groups excluding tert-OH is 1. The van der Waals surface area contributed by atoms with Gasteiger partial charge in [0.1, 0.15) is 0 Å². The summed E-state index contributed by atoms with van der Waals surface area (Å²) in [5, 5.41) is 14.9. The van der Waals surface area contributed by atoms with Gasteiger partial charge in [-0.1, -0.05) is 39.7 Å². The van der Waals surface area contributed by atoms with Crippen LogP contribution in [0.1, 0.15) is 17.5 Å². The van der Waals surface area contributed by atoms with Crippen molar-refractivity contribution in [3.8, 4) is 11.4 Å². The van der Waals surface area contributed by atoms with Crippen LogP contribution in [0.5, 0.6) is 0 Å². The molecule has 0 radical (unpaired) electrons. The predicted octanol–water partition coefficient (Wildman–Crippen LogP) is 3.69. The normalized spacial score (nSPS) is 18.3. The van der Waals surface area contributed by atoms with Gasteiger partial charge in [0.2, 0.25) is 0 Å². The van der Waals surface area contributed by atoms with Gasteiger partial charge in [0.15, 0.2) is 11.5 Å². The van der Waals surface area contributed by atoms with Crippen LogP contribution in [0.15, 0.2) is 34.9 Å². The first kappa shape index (κ1) is 17.0. The first-order valence-electron chi connectivity index (χ1n) is 8.22. The summed E-state index contributed by atoms with van der Waals surface area (Å²) < 4.78 is 2.78. The number of rotatable bonds is 3. The first-order chi connectivity index (χ1) is 12.0. The monoisotopic (exact) mass is 420 g/mol. The maximum absolute atomic E-state index is 9.68. The number of hydrogen-bond acceptors (Lipinski definition) is 4. The second-order valence-electron chi connectivity index (χ2n) is 6.49. The van der Waals surface area contributed by atoms with Gasteiger partial charge >= 0.3 is 0 Å². The number of aromatic nitrogens is 3. The zero-order chi connectivity index (χ0) is 17.6. The summed E-state index contributed by atoms with van der Waals surface area (Å²) in [6.07, 6.45) is 2.57. The number of halogens is 2. The van der Waals surface area contributed by atoms with E-state index in [2.05, 4.69) is 30.9 Å². The Morgan fingerprint density at radius 2 is 2.24 bits per heavy atom. The van der Waals surface area contributed by atoms with Crippen LogP contribution in [-0.4, -0.2) is 43.8 Å². The average molecular weight is 422 g/mol. The molecule has 2 aromatic heterocycles. The van der Waals surface area contributed by atoms with E-state index >= 15 is 0 Å². The zero-order valence-electron chi connectivity index (χ0n) is 13.8. The van der Waals surface area contributed by atoms with Gasteiger partial charge in [0.05, 0.1) is 11.1 Å². The largest absolute Gasteiger partial charge is 0.392 e. The molecule has 25 heavy (non-hydrogen) atoms. The van der Waals surface area contributed by atoms with Gasteiger partial charge in [-0.25, -0.2) is 9.50 Å². The summed E-state index contributed by atoms with van der Waals surface area (Å²) in [6, 6.07) is 7.93. The third-order valence-corrected chi connectivity index (χ3v) is 5.74. The van der Waals surface area contributed by atoms with E-state index in [4.69, 9.17) is 11.6 Å². The number of fused-ring (bicyclic) bond motifs is 1. The molecular weight excluding hydrogens is 404 g/mol. The summed E-state index contributed by atoms with van der Waals surface area (Å²) in [7, 11) is 0. The van der Waals surface area contributed by atoms with Crippen LogP contribution in [0.3, 0.4) is 0 Å². The summed E-state index contributed by atoms with van der Waals surface area (Å²) >= 11 is 10.0. The van der Waals surface area contributed by atoms with Crippen molar-refractivity contribution in [1.82, 2.24) is 19.5 Å². The lowest BCUT2D eigenvalue weighted by atomic mass is 10.1. The molecule has 1 aliphatic rings. The molecule has 1 atom stereocenters. The van der Waals surface area contributed by atoms with Crippen molar-refractivity contribution >= 4 is 33.2 Å². The van der Waals surface area contributed by atoms with Crippen LogP contribution in [-0.2, 0) is 6.54 Å². The molecule has 1 saturated heterocycles. The number of aliphatic hydroxyl groups is 1. The second-order valence-corrected chi connectivity index (χ2v) is 7.75. The molecule has 0 aliphatic carbocycles. The highest BCUT2D eigenvalue weighted by Crippen LogP contribution is 2.28. The van der Waals surface area contributed by atoms with Gasteiger partial charge in [-0.15, -0.1) is 5.10 Å². The lowest BCUT2D eigenvalue weighted by molar-refractivity contribution is 0.174. The Morgan fingerprint density at radius 1 is 1.40 bits per heavy atom. The Bertz CT molecular complexity index is 942.